The molecule has 0 unspecified atom stereocenters. The van der Waals surface area contributed by atoms with Gasteiger partial charge in [0.05, 0.1) is 5.02 Å². The molecular formula is C20H22Cl2N2O3. The second-order valence-corrected chi connectivity index (χ2v) is 6.28. The van der Waals surface area contributed by atoms with Gasteiger partial charge in [-0.3, -0.25) is 4.79 Å². The van der Waals surface area contributed by atoms with Crippen LogP contribution in [0.1, 0.15) is 29.0 Å². The van der Waals surface area contributed by atoms with E-state index in [1.165, 1.54) is 0 Å². The first-order valence-corrected chi connectivity index (χ1v) is 8.94. The fourth-order valence-electron chi connectivity index (χ4n) is 2.69. The van der Waals surface area contributed by atoms with E-state index in [9.17, 15) is 4.79 Å². The third-order valence-electron chi connectivity index (χ3n) is 4.03. The van der Waals surface area contributed by atoms with Gasteiger partial charge in [0.25, 0.3) is 5.91 Å². The minimum atomic E-state index is -0.254. The Kier molecular flexibility index (Phi) is 7.98. The minimum absolute atomic E-state index is 0. The summed E-state index contributed by atoms with van der Waals surface area (Å²) in [5.41, 5.74) is 6.84. The van der Waals surface area contributed by atoms with E-state index in [1.54, 1.807) is 12.1 Å². The van der Waals surface area contributed by atoms with Crippen LogP contribution in [-0.4, -0.2) is 19.0 Å². The van der Waals surface area contributed by atoms with Crippen molar-refractivity contribution in [1.29, 1.82) is 0 Å². The van der Waals surface area contributed by atoms with Gasteiger partial charge in [0, 0.05) is 17.5 Å². The van der Waals surface area contributed by atoms with Crippen LogP contribution in [0.15, 0.2) is 52.9 Å². The summed E-state index contributed by atoms with van der Waals surface area (Å²) in [6.45, 7) is 1.35. The molecule has 0 radical (unpaired) electrons. The van der Waals surface area contributed by atoms with Gasteiger partial charge in [-0.05, 0) is 37.6 Å². The molecule has 1 amide bonds. The number of benzene rings is 2. The number of hydrogen-bond acceptors (Lipinski definition) is 4. The summed E-state index contributed by atoms with van der Waals surface area (Å²) in [4.78, 5) is 12.6. The second kappa shape index (κ2) is 10.2. The SMILES string of the molecule is Cl.NCCCCNC(=O)c1oc2ccccc2c1COc1ccccc1Cl. The van der Waals surface area contributed by atoms with E-state index in [0.29, 0.717) is 35.0 Å². The first-order chi connectivity index (χ1) is 12.7. The highest BCUT2D eigenvalue weighted by atomic mass is 35.5. The molecule has 0 aliphatic heterocycles. The van der Waals surface area contributed by atoms with E-state index in [1.807, 2.05) is 36.4 Å². The van der Waals surface area contributed by atoms with Crippen LogP contribution in [0.2, 0.25) is 5.02 Å². The first-order valence-electron chi connectivity index (χ1n) is 8.56. The van der Waals surface area contributed by atoms with Crippen molar-refractivity contribution < 1.29 is 13.9 Å². The topological polar surface area (TPSA) is 77.5 Å². The predicted octanol–water partition coefficient (Wildman–Crippen LogP) is 4.56. The molecule has 1 aromatic heterocycles. The van der Waals surface area contributed by atoms with E-state index in [4.69, 9.17) is 26.5 Å². The number of rotatable bonds is 8. The zero-order chi connectivity index (χ0) is 18.4. The number of carbonyl (C=O) groups is 1. The van der Waals surface area contributed by atoms with Crippen LogP contribution >= 0.6 is 24.0 Å². The van der Waals surface area contributed by atoms with Crippen molar-refractivity contribution in [2.45, 2.75) is 19.4 Å². The zero-order valence-corrected chi connectivity index (χ0v) is 16.3. The maximum atomic E-state index is 12.6. The highest BCUT2D eigenvalue weighted by Gasteiger charge is 2.21. The average molecular weight is 409 g/mol. The standard InChI is InChI=1S/C20H21ClN2O3.ClH/c21-16-8-2-4-10-18(16)25-13-15-14-7-1-3-9-17(14)26-19(15)20(24)23-12-6-5-11-22;/h1-4,7-10H,5-6,11-13,22H2,(H,23,24);1H. The first kappa shape index (κ1) is 21.1. The molecule has 0 saturated heterocycles. The lowest BCUT2D eigenvalue weighted by Crippen LogP contribution is -2.25. The molecule has 3 aromatic rings. The fraction of sp³-hybridized carbons (Fsp3) is 0.250. The molecular weight excluding hydrogens is 387 g/mol. The van der Waals surface area contributed by atoms with E-state index < -0.39 is 0 Å². The molecule has 5 nitrogen and oxygen atoms in total. The summed E-state index contributed by atoms with van der Waals surface area (Å²) < 4.78 is 11.6. The molecule has 3 rings (SSSR count). The molecule has 0 aliphatic carbocycles. The van der Waals surface area contributed by atoms with Crippen LogP contribution in [0.4, 0.5) is 0 Å². The molecule has 7 heteroatoms. The Bertz CT molecular complexity index is 896. The van der Waals surface area contributed by atoms with Crippen molar-refractivity contribution in [2.75, 3.05) is 13.1 Å². The Hall–Kier alpha value is -2.21. The normalized spacial score (nSPS) is 10.4. The lowest BCUT2D eigenvalue weighted by Gasteiger charge is -2.09. The Morgan fingerprint density at radius 3 is 2.63 bits per heavy atom. The summed E-state index contributed by atoms with van der Waals surface area (Å²) in [5.74, 6) is 0.579. The van der Waals surface area contributed by atoms with E-state index in [-0.39, 0.29) is 30.7 Å². The van der Waals surface area contributed by atoms with Crippen LogP contribution in [-0.2, 0) is 6.61 Å². The van der Waals surface area contributed by atoms with Crippen LogP contribution < -0.4 is 15.8 Å². The summed E-state index contributed by atoms with van der Waals surface area (Å²) in [6, 6.07) is 14.7. The Morgan fingerprint density at radius 2 is 1.85 bits per heavy atom. The zero-order valence-electron chi connectivity index (χ0n) is 14.7. The molecule has 144 valence electrons. The molecule has 0 atom stereocenters. The lowest BCUT2D eigenvalue weighted by molar-refractivity contribution is 0.0924. The maximum Gasteiger partial charge on any atom is 0.287 e. The summed E-state index contributed by atoms with van der Waals surface area (Å²) in [5, 5.41) is 4.25. The van der Waals surface area contributed by atoms with E-state index in [0.717, 1.165) is 18.2 Å². The largest absolute Gasteiger partial charge is 0.487 e. The quantitative estimate of drug-likeness (QED) is 0.535. The second-order valence-electron chi connectivity index (χ2n) is 5.88. The number of fused-ring (bicyclic) bond motifs is 1. The van der Waals surface area contributed by atoms with Crippen molar-refractivity contribution in [1.82, 2.24) is 5.32 Å². The number of unbranched alkanes of at least 4 members (excludes halogenated alkanes) is 1. The minimum Gasteiger partial charge on any atom is -0.487 e. The Morgan fingerprint density at radius 1 is 1.11 bits per heavy atom. The number of halogens is 2. The number of nitrogens with one attached hydrogen (secondary N) is 1. The Balaban J connectivity index is 0.00000261. The van der Waals surface area contributed by atoms with Gasteiger partial charge in [-0.25, -0.2) is 0 Å². The lowest BCUT2D eigenvalue weighted by atomic mass is 10.1. The number of carbonyl (C=O) groups excluding carboxylic acids is 1. The van der Waals surface area contributed by atoms with Crippen molar-refractivity contribution in [2.24, 2.45) is 5.73 Å². The van der Waals surface area contributed by atoms with Crippen LogP contribution in [0.5, 0.6) is 5.75 Å². The maximum absolute atomic E-state index is 12.6. The molecule has 3 N–H and O–H groups in total. The molecule has 0 aliphatic rings. The predicted molar refractivity (Wildman–Crippen MR) is 110 cm³/mol. The van der Waals surface area contributed by atoms with Gasteiger partial charge in [-0.15, -0.1) is 12.4 Å². The van der Waals surface area contributed by atoms with Crippen molar-refractivity contribution in [3.63, 3.8) is 0 Å². The number of para-hydroxylation sites is 2. The van der Waals surface area contributed by atoms with Crippen LogP contribution in [0.25, 0.3) is 11.0 Å². The van der Waals surface area contributed by atoms with Gasteiger partial charge < -0.3 is 20.2 Å². The number of nitrogens with two attached hydrogens (primary N) is 1. The molecule has 0 bridgehead atoms. The smallest absolute Gasteiger partial charge is 0.287 e. The summed E-state index contributed by atoms with van der Waals surface area (Å²) in [7, 11) is 0. The molecule has 0 fully saturated rings. The van der Waals surface area contributed by atoms with E-state index >= 15 is 0 Å². The van der Waals surface area contributed by atoms with Crippen LogP contribution in [0, 0.1) is 0 Å². The van der Waals surface area contributed by atoms with Gasteiger partial charge in [0.2, 0.25) is 0 Å². The third kappa shape index (κ3) is 5.16. The fourth-order valence-corrected chi connectivity index (χ4v) is 2.88. The van der Waals surface area contributed by atoms with Crippen molar-refractivity contribution in [3.05, 3.63) is 64.9 Å². The summed E-state index contributed by atoms with van der Waals surface area (Å²) >= 11 is 6.15. The summed E-state index contributed by atoms with van der Waals surface area (Å²) in [6.07, 6.45) is 1.69. The molecule has 0 saturated carbocycles. The average Bonchev–Trinajstić information content (AvgIpc) is 3.03. The van der Waals surface area contributed by atoms with Crippen molar-refractivity contribution >= 4 is 40.9 Å². The van der Waals surface area contributed by atoms with Gasteiger partial charge in [-0.2, -0.15) is 0 Å². The number of furan rings is 1. The molecule has 0 spiro atoms. The molecule has 27 heavy (non-hydrogen) atoms. The number of hydrogen-bond donors (Lipinski definition) is 2. The van der Waals surface area contributed by atoms with Crippen LogP contribution in [0.3, 0.4) is 0 Å². The van der Waals surface area contributed by atoms with Gasteiger partial charge in [-0.1, -0.05) is 41.9 Å². The highest BCUT2D eigenvalue weighted by molar-refractivity contribution is 6.32. The Labute approximate surface area is 169 Å². The van der Waals surface area contributed by atoms with Gasteiger partial charge >= 0.3 is 0 Å². The molecule has 1 heterocycles. The van der Waals surface area contributed by atoms with Gasteiger partial charge in [0.15, 0.2) is 5.76 Å². The van der Waals surface area contributed by atoms with Gasteiger partial charge in [0.1, 0.15) is 17.9 Å². The number of amides is 1. The highest BCUT2D eigenvalue weighted by Crippen LogP contribution is 2.29. The van der Waals surface area contributed by atoms with E-state index in [2.05, 4.69) is 5.32 Å². The number of ether oxygens (including phenoxy) is 1. The van der Waals surface area contributed by atoms with Crippen molar-refractivity contribution in [3.8, 4) is 5.75 Å². The monoisotopic (exact) mass is 408 g/mol. The molecule has 2 aromatic carbocycles. The third-order valence-corrected chi connectivity index (χ3v) is 4.34.